The third kappa shape index (κ3) is 2.93. The van der Waals surface area contributed by atoms with Gasteiger partial charge in [-0.2, -0.15) is 0 Å². The van der Waals surface area contributed by atoms with Crippen LogP contribution in [0.3, 0.4) is 0 Å². The molecule has 6 nitrogen and oxygen atoms in total. The molecule has 6 heteroatoms. The molecule has 17 heavy (non-hydrogen) atoms. The fourth-order valence-corrected chi connectivity index (χ4v) is 1.36. The predicted octanol–water partition coefficient (Wildman–Crippen LogP) is 2.20. The van der Waals surface area contributed by atoms with Crippen molar-refractivity contribution in [2.45, 2.75) is 13.8 Å². The van der Waals surface area contributed by atoms with E-state index < -0.39 is 4.92 Å². The van der Waals surface area contributed by atoms with E-state index in [1.54, 1.807) is 13.8 Å². The van der Waals surface area contributed by atoms with E-state index in [4.69, 9.17) is 9.47 Å². The molecule has 0 aliphatic rings. The van der Waals surface area contributed by atoms with Gasteiger partial charge in [-0.3, -0.25) is 14.9 Å². The smallest absolute Gasteiger partial charge is 0.274 e. The van der Waals surface area contributed by atoms with E-state index >= 15 is 0 Å². The van der Waals surface area contributed by atoms with Gasteiger partial charge in [0.2, 0.25) is 0 Å². The lowest BCUT2D eigenvalue weighted by molar-refractivity contribution is -0.385. The van der Waals surface area contributed by atoms with E-state index in [-0.39, 0.29) is 22.7 Å². The van der Waals surface area contributed by atoms with Crippen molar-refractivity contribution in [1.29, 1.82) is 0 Å². The van der Waals surface area contributed by atoms with Crippen LogP contribution in [-0.4, -0.2) is 24.4 Å². The van der Waals surface area contributed by atoms with Crippen LogP contribution in [0.2, 0.25) is 0 Å². The number of carbonyl (C=O) groups excluding carboxylic acids is 1. The van der Waals surface area contributed by atoms with Crippen LogP contribution in [0.15, 0.2) is 12.1 Å². The summed E-state index contributed by atoms with van der Waals surface area (Å²) in [7, 11) is 0. The van der Waals surface area contributed by atoms with E-state index in [9.17, 15) is 14.9 Å². The molecule has 0 fully saturated rings. The number of nitro groups is 1. The second-order valence-electron chi connectivity index (χ2n) is 3.10. The minimum atomic E-state index is -0.578. The van der Waals surface area contributed by atoms with Gasteiger partial charge in [0.25, 0.3) is 5.69 Å². The first-order valence-electron chi connectivity index (χ1n) is 5.17. The fourth-order valence-electron chi connectivity index (χ4n) is 1.36. The molecule has 0 N–H and O–H groups in total. The molecule has 0 atom stereocenters. The summed E-state index contributed by atoms with van der Waals surface area (Å²) < 4.78 is 10.5. The first-order chi connectivity index (χ1) is 8.13. The third-order valence-electron chi connectivity index (χ3n) is 1.99. The van der Waals surface area contributed by atoms with E-state index in [0.29, 0.717) is 19.5 Å². The standard InChI is InChI=1S/C11H13NO5/c1-3-16-10-6-9(12(14)15)5-8(7-13)11(10)17-4-2/h5-7H,3-4H2,1-2H3. The van der Waals surface area contributed by atoms with Crippen LogP contribution >= 0.6 is 0 Å². The average molecular weight is 239 g/mol. The van der Waals surface area contributed by atoms with Crippen LogP contribution in [-0.2, 0) is 0 Å². The van der Waals surface area contributed by atoms with Crippen molar-refractivity contribution in [3.8, 4) is 11.5 Å². The Hall–Kier alpha value is -2.11. The van der Waals surface area contributed by atoms with Crippen molar-refractivity contribution < 1.29 is 19.2 Å². The summed E-state index contributed by atoms with van der Waals surface area (Å²) in [5.74, 6) is 0.459. The molecule has 1 aromatic carbocycles. The number of nitro benzene ring substituents is 1. The first kappa shape index (κ1) is 13.0. The normalized spacial score (nSPS) is 9.76. The number of hydrogen-bond acceptors (Lipinski definition) is 5. The van der Waals surface area contributed by atoms with Gasteiger partial charge in [-0.05, 0) is 13.8 Å². The molecule has 0 radical (unpaired) electrons. The minimum Gasteiger partial charge on any atom is -0.490 e. The number of hydrogen-bond donors (Lipinski definition) is 0. The van der Waals surface area contributed by atoms with Crippen LogP contribution in [0, 0.1) is 10.1 Å². The number of ether oxygens (including phenoxy) is 2. The lowest BCUT2D eigenvalue weighted by atomic mass is 10.1. The Balaban J connectivity index is 3.33. The molecule has 0 bridgehead atoms. The number of benzene rings is 1. The Morgan fingerprint density at radius 3 is 2.41 bits per heavy atom. The summed E-state index contributed by atoms with van der Waals surface area (Å²) in [5, 5.41) is 10.7. The first-order valence-corrected chi connectivity index (χ1v) is 5.17. The Bertz CT molecular complexity index is 430. The van der Waals surface area contributed by atoms with Crippen LogP contribution < -0.4 is 9.47 Å². The maximum absolute atomic E-state index is 10.9. The monoisotopic (exact) mass is 239 g/mol. The molecular weight excluding hydrogens is 226 g/mol. The summed E-state index contributed by atoms with van der Waals surface area (Å²) in [6.45, 7) is 4.18. The highest BCUT2D eigenvalue weighted by Crippen LogP contribution is 2.35. The average Bonchev–Trinajstić information content (AvgIpc) is 2.31. The van der Waals surface area contributed by atoms with Gasteiger partial charge in [-0.1, -0.05) is 0 Å². The topological polar surface area (TPSA) is 78.7 Å². The summed E-state index contributed by atoms with van der Waals surface area (Å²) in [6.07, 6.45) is 0.514. The lowest BCUT2D eigenvalue weighted by Crippen LogP contribution is -2.03. The zero-order chi connectivity index (χ0) is 12.8. The largest absolute Gasteiger partial charge is 0.490 e. The molecule has 0 amide bonds. The van der Waals surface area contributed by atoms with Gasteiger partial charge in [0.05, 0.1) is 29.8 Å². The second kappa shape index (κ2) is 5.83. The summed E-state index contributed by atoms with van der Waals surface area (Å²) >= 11 is 0. The van der Waals surface area contributed by atoms with Crippen molar-refractivity contribution in [3.05, 3.63) is 27.8 Å². The number of carbonyl (C=O) groups is 1. The van der Waals surface area contributed by atoms with Gasteiger partial charge in [0.1, 0.15) is 0 Å². The fraction of sp³-hybridized carbons (Fsp3) is 0.364. The van der Waals surface area contributed by atoms with Crippen molar-refractivity contribution in [2.75, 3.05) is 13.2 Å². The molecule has 1 aromatic rings. The summed E-state index contributed by atoms with van der Waals surface area (Å²) in [4.78, 5) is 21.0. The number of nitrogens with zero attached hydrogens (tertiary/aromatic N) is 1. The van der Waals surface area contributed by atoms with Crippen molar-refractivity contribution in [2.24, 2.45) is 0 Å². The Morgan fingerprint density at radius 2 is 1.94 bits per heavy atom. The quantitative estimate of drug-likeness (QED) is 0.432. The molecule has 0 saturated carbocycles. The summed E-state index contributed by atoms with van der Waals surface area (Å²) in [6, 6.07) is 2.42. The summed E-state index contributed by atoms with van der Waals surface area (Å²) in [5.41, 5.74) is -0.0801. The lowest BCUT2D eigenvalue weighted by Gasteiger charge is -2.12. The highest BCUT2D eigenvalue weighted by atomic mass is 16.6. The van der Waals surface area contributed by atoms with Gasteiger partial charge >= 0.3 is 0 Å². The van der Waals surface area contributed by atoms with Crippen molar-refractivity contribution in [1.82, 2.24) is 0 Å². The maximum Gasteiger partial charge on any atom is 0.274 e. The molecule has 0 saturated heterocycles. The molecule has 0 aliphatic carbocycles. The van der Waals surface area contributed by atoms with Gasteiger partial charge in [-0.25, -0.2) is 0 Å². The molecule has 0 aromatic heterocycles. The Labute approximate surface area is 98.3 Å². The highest BCUT2D eigenvalue weighted by Gasteiger charge is 2.18. The molecule has 0 heterocycles. The van der Waals surface area contributed by atoms with E-state index in [1.807, 2.05) is 0 Å². The van der Waals surface area contributed by atoms with Crippen LogP contribution in [0.5, 0.6) is 11.5 Å². The van der Waals surface area contributed by atoms with Crippen LogP contribution in [0.4, 0.5) is 5.69 Å². The highest BCUT2D eigenvalue weighted by molar-refractivity contribution is 5.83. The van der Waals surface area contributed by atoms with E-state index in [0.717, 1.165) is 0 Å². The third-order valence-corrected chi connectivity index (χ3v) is 1.99. The molecule has 92 valence electrons. The van der Waals surface area contributed by atoms with Gasteiger partial charge in [0, 0.05) is 6.07 Å². The van der Waals surface area contributed by atoms with Crippen molar-refractivity contribution in [3.63, 3.8) is 0 Å². The minimum absolute atomic E-state index is 0.115. The molecule has 0 aliphatic heterocycles. The number of non-ortho nitro benzene ring substituents is 1. The molecule has 0 spiro atoms. The van der Waals surface area contributed by atoms with E-state index in [1.165, 1.54) is 12.1 Å². The zero-order valence-corrected chi connectivity index (χ0v) is 9.63. The molecule has 1 rings (SSSR count). The van der Waals surface area contributed by atoms with Crippen LogP contribution in [0.25, 0.3) is 0 Å². The molecule has 0 unspecified atom stereocenters. The Morgan fingerprint density at radius 1 is 1.29 bits per heavy atom. The second-order valence-corrected chi connectivity index (χ2v) is 3.10. The number of aldehydes is 1. The van der Waals surface area contributed by atoms with Crippen LogP contribution in [0.1, 0.15) is 24.2 Å². The Kier molecular flexibility index (Phi) is 4.45. The maximum atomic E-state index is 10.9. The van der Waals surface area contributed by atoms with Gasteiger partial charge < -0.3 is 9.47 Å². The van der Waals surface area contributed by atoms with Gasteiger partial charge in [0.15, 0.2) is 17.8 Å². The van der Waals surface area contributed by atoms with Gasteiger partial charge in [-0.15, -0.1) is 0 Å². The predicted molar refractivity (Wildman–Crippen MR) is 60.8 cm³/mol. The van der Waals surface area contributed by atoms with Crippen molar-refractivity contribution >= 4 is 12.0 Å². The number of rotatable bonds is 6. The molecular formula is C11H13NO5. The zero-order valence-electron chi connectivity index (χ0n) is 9.63. The SMILES string of the molecule is CCOc1cc([N+](=O)[O-])cc(C=O)c1OCC. The van der Waals surface area contributed by atoms with E-state index in [2.05, 4.69) is 0 Å².